The van der Waals surface area contributed by atoms with Crippen molar-refractivity contribution in [2.45, 2.75) is 32.2 Å². The Morgan fingerprint density at radius 2 is 1.86 bits per heavy atom. The largest absolute Gasteiger partial charge is 0.351 e. The van der Waals surface area contributed by atoms with Crippen LogP contribution in [0.3, 0.4) is 0 Å². The van der Waals surface area contributed by atoms with Gasteiger partial charge in [0.2, 0.25) is 0 Å². The van der Waals surface area contributed by atoms with Gasteiger partial charge in [-0.3, -0.25) is 4.79 Å². The average molecular weight is 315 g/mol. The van der Waals surface area contributed by atoms with Crippen molar-refractivity contribution >= 4 is 30.0 Å². The molecule has 3 amide bonds. The van der Waals surface area contributed by atoms with E-state index in [2.05, 4.69) is 10.6 Å². The highest BCUT2D eigenvalue weighted by molar-refractivity contribution is 5.97. The van der Waals surface area contributed by atoms with E-state index in [4.69, 9.17) is 11.5 Å². The van der Waals surface area contributed by atoms with Crippen molar-refractivity contribution in [2.75, 3.05) is 11.9 Å². The van der Waals surface area contributed by atoms with Crippen molar-refractivity contribution in [3.05, 3.63) is 29.8 Å². The summed E-state index contributed by atoms with van der Waals surface area (Å²) in [6.45, 7) is 4.36. The van der Waals surface area contributed by atoms with Crippen molar-refractivity contribution in [3.63, 3.8) is 0 Å². The normalized spacial score (nSPS) is 10.4. The summed E-state index contributed by atoms with van der Waals surface area (Å²) in [4.78, 5) is 23.1. The Morgan fingerprint density at radius 3 is 2.33 bits per heavy atom. The highest BCUT2D eigenvalue weighted by Crippen LogP contribution is 2.16. The maximum Gasteiger partial charge on any atom is 0.316 e. The van der Waals surface area contributed by atoms with Gasteiger partial charge in [-0.25, -0.2) is 4.79 Å². The third-order valence-corrected chi connectivity index (χ3v) is 3.52. The minimum absolute atomic E-state index is 0. The zero-order chi connectivity index (χ0) is 15.2. The van der Waals surface area contributed by atoms with Crippen LogP contribution in [0.5, 0.6) is 0 Å². The topological polar surface area (TPSA) is 110 Å². The molecule has 0 heterocycles. The Morgan fingerprint density at radius 1 is 1.24 bits per heavy atom. The summed E-state index contributed by atoms with van der Waals surface area (Å²) in [7, 11) is 0. The molecule has 0 radical (unpaired) electrons. The second-order valence-corrected chi connectivity index (χ2v) is 4.72. The molecule has 0 aliphatic rings. The molecule has 6 nitrogen and oxygen atoms in total. The van der Waals surface area contributed by atoms with Crippen molar-refractivity contribution in [2.24, 2.45) is 11.5 Å². The van der Waals surface area contributed by atoms with Crippen LogP contribution in [0, 0.1) is 0 Å². The van der Waals surface area contributed by atoms with E-state index < -0.39 is 11.6 Å². The molecule has 7 heteroatoms. The van der Waals surface area contributed by atoms with Gasteiger partial charge in [0.15, 0.2) is 0 Å². The lowest BCUT2D eigenvalue weighted by molar-refractivity contribution is 0.0895. The molecule has 0 fully saturated rings. The van der Waals surface area contributed by atoms with Crippen LogP contribution in [-0.4, -0.2) is 24.0 Å². The van der Waals surface area contributed by atoms with Gasteiger partial charge in [-0.1, -0.05) is 19.9 Å². The number of hydrogen-bond donors (Lipinski definition) is 4. The average Bonchev–Trinajstić information content (AvgIpc) is 2.44. The van der Waals surface area contributed by atoms with Crippen LogP contribution >= 0.6 is 12.4 Å². The van der Waals surface area contributed by atoms with E-state index in [1.54, 1.807) is 24.3 Å². The molecule has 0 spiro atoms. The first-order valence-corrected chi connectivity index (χ1v) is 6.65. The Bertz CT molecular complexity index is 481. The molecule has 6 N–H and O–H groups in total. The minimum Gasteiger partial charge on any atom is -0.351 e. The maximum atomic E-state index is 12.3. The molecular weight excluding hydrogens is 292 g/mol. The predicted octanol–water partition coefficient (Wildman–Crippen LogP) is 1.85. The fourth-order valence-electron chi connectivity index (χ4n) is 1.96. The van der Waals surface area contributed by atoms with Crippen LogP contribution < -0.4 is 22.1 Å². The number of rotatable bonds is 6. The number of urea groups is 1. The third kappa shape index (κ3) is 5.24. The van der Waals surface area contributed by atoms with E-state index in [0.717, 1.165) is 12.8 Å². The standard InChI is InChI=1S/C14H22N4O2.ClH/c1-3-14(4-2,9-15)18-12(19)10-6-5-7-11(8-10)17-13(16)20;/h5-8H,3-4,9,15H2,1-2H3,(H,18,19)(H3,16,17,20);1H. The zero-order valence-corrected chi connectivity index (χ0v) is 13.1. The predicted molar refractivity (Wildman–Crippen MR) is 86.7 cm³/mol. The van der Waals surface area contributed by atoms with Crippen LogP contribution in [-0.2, 0) is 0 Å². The molecule has 21 heavy (non-hydrogen) atoms. The number of primary amides is 1. The van der Waals surface area contributed by atoms with Gasteiger partial charge in [-0.2, -0.15) is 0 Å². The zero-order valence-electron chi connectivity index (χ0n) is 12.3. The lowest BCUT2D eigenvalue weighted by Crippen LogP contribution is -2.52. The second kappa shape index (κ2) is 8.49. The van der Waals surface area contributed by atoms with E-state index in [0.29, 0.717) is 17.8 Å². The van der Waals surface area contributed by atoms with Gasteiger partial charge in [0.05, 0.1) is 5.54 Å². The molecule has 0 saturated heterocycles. The molecule has 0 saturated carbocycles. The molecule has 0 aliphatic heterocycles. The van der Waals surface area contributed by atoms with Gasteiger partial charge >= 0.3 is 6.03 Å². The molecule has 0 atom stereocenters. The number of benzene rings is 1. The number of amides is 3. The Kier molecular flexibility index (Phi) is 7.76. The summed E-state index contributed by atoms with van der Waals surface area (Å²) in [5.74, 6) is -0.215. The van der Waals surface area contributed by atoms with E-state index in [1.165, 1.54) is 0 Å². The molecule has 0 unspecified atom stereocenters. The summed E-state index contributed by atoms with van der Waals surface area (Å²) in [6.07, 6.45) is 1.51. The van der Waals surface area contributed by atoms with Gasteiger partial charge in [-0.15, -0.1) is 12.4 Å². The molecule has 1 aromatic carbocycles. The Labute approximate surface area is 131 Å². The van der Waals surface area contributed by atoms with Gasteiger partial charge in [-0.05, 0) is 31.0 Å². The van der Waals surface area contributed by atoms with Gasteiger partial charge in [0, 0.05) is 17.8 Å². The monoisotopic (exact) mass is 314 g/mol. The first-order valence-electron chi connectivity index (χ1n) is 6.65. The maximum absolute atomic E-state index is 12.3. The van der Waals surface area contributed by atoms with Gasteiger partial charge < -0.3 is 22.1 Å². The van der Waals surface area contributed by atoms with E-state index in [-0.39, 0.29) is 18.3 Å². The van der Waals surface area contributed by atoms with E-state index >= 15 is 0 Å². The number of carbonyl (C=O) groups excluding carboxylic acids is 2. The van der Waals surface area contributed by atoms with Crippen molar-refractivity contribution < 1.29 is 9.59 Å². The minimum atomic E-state index is -0.666. The lowest BCUT2D eigenvalue weighted by Gasteiger charge is -2.31. The van der Waals surface area contributed by atoms with Crippen molar-refractivity contribution in [1.29, 1.82) is 0 Å². The van der Waals surface area contributed by atoms with Crippen LogP contribution in [0.2, 0.25) is 0 Å². The summed E-state index contributed by atoms with van der Waals surface area (Å²) in [5, 5.41) is 5.41. The highest BCUT2D eigenvalue weighted by Gasteiger charge is 2.26. The van der Waals surface area contributed by atoms with Gasteiger partial charge in [0.1, 0.15) is 0 Å². The van der Waals surface area contributed by atoms with E-state index in [1.807, 2.05) is 13.8 Å². The van der Waals surface area contributed by atoms with Crippen LogP contribution in [0.15, 0.2) is 24.3 Å². The fraction of sp³-hybridized carbons (Fsp3) is 0.429. The van der Waals surface area contributed by atoms with Crippen LogP contribution in [0.1, 0.15) is 37.0 Å². The molecular formula is C14H23ClN4O2. The number of nitrogens with two attached hydrogens (primary N) is 2. The molecule has 118 valence electrons. The highest BCUT2D eigenvalue weighted by atomic mass is 35.5. The molecule has 0 aliphatic carbocycles. The summed E-state index contributed by atoms with van der Waals surface area (Å²) >= 11 is 0. The number of hydrogen-bond acceptors (Lipinski definition) is 3. The quantitative estimate of drug-likeness (QED) is 0.643. The number of anilines is 1. The molecule has 0 bridgehead atoms. The number of carbonyl (C=O) groups is 2. The van der Waals surface area contributed by atoms with Crippen LogP contribution in [0.25, 0.3) is 0 Å². The first kappa shape index (κ1) is 19.2. The van der Waals surface area contributed by atoms with E-state index in [9.17, 15) is 9.59 Å². The Balaban J connectivity index is 0.00000400. The SMILES string of the molecule is CCC(CC)(CN)NC(=O)c1cccc(NC(N)=O)c1.Cl. The number of halogens is 1. The smallest absolute Gasteiger partial charge is 0.316 e. The van der Waals surface area contributed by atoms with Crippen molar-refractivity contribution in [3.8, 4) is 0 Å². The summed E-state index contributed by atoms with van der Waals surface area (Å²) in [5.41, 5.74) is 11.4. The van der Waals surface area contributed by atoms with Crippen molar-refractivity contribution in [1.82, 2.24) is 5.32 Å². The summed E-state index contributed by atoms with van der Waals surface area (Å²) < 4.78 is 0. The summed E-state index contributed by atoms with van der Waals surface area (Å²) in [6, 6.07) is 5.93. The lowest BCUT2D eigenvalue weighted by atomic mass is 9.92. The third-order valence-electron chi connectivity index (χ3n) is 3.52. The van der Waals surface area contributed by atoms with Crippen LogP contribution in [0.4, 0.5) is 10.5 Å². The molecule has 0 aromatic heterocycles. The molecule has 1 rings (SSSR count). The second-order valence-electron chi connectivity index (χ2n) is 4.72. The van der Waals surface area contributed by atoms with Gasteiger partial charge in [0.25, 0.3) is 5.91 Å². The molecule has 1 aromatic rings. The Hall–Kier alpha value is -1.79. The number of nitrogens with one attached hydrogen (secondary N) is 2. The fourth-order valence-corrected chi connectivity index (χ4v) is 1.96. The first-order chi connectivity index (χ1) is 9.46.